The van der Waals surface area contributed by atoms with Crippen molar-refractivity contribution in [2.75, 3.05) is 38.0 Å². The number of rotatable bonds is 5. The van der Waals surface area contributed by atoms with Crippen LogP contribution in [-0.2, 0) is 24.2 Å². The molecule has 4 rings (SSSR count). The Bertz CT molecular complexity index is 768. The van der Waals surface area contributed by atoms with Gasteiger partial charge >= 0.3 is 0 Å². The van der Waals surface area contributed by atoms with Crippen LogP contribution in [0.3, 0.4) is 0 Å². The highest BCUT2D eigenvalue weighted by Gasteiger charge is 2.26. The highest BCUT2D eigenvalue weighted by Crippen LogP contribution is 2.31. The van der Waals surface area contributed by atoms with E-state index in [1.165, 1.54) is 27.5 Å². The highest BCUT2D eigenvalue weighted by molar-refractivity contribution is 7.15. The minimum atomic E-state index is 0.107. The predicted molar refractivity (Wildman–Crippen MR) is 108 cm³/mol. The standard InChI is InChI=1S/C21H28N4OS/c1-16-7-8-18-19(13-16)27-21(22-18)23-20(26)15-25-11-9-24(10-12-25)14-17-5-3-2-4-6-17/h2-6,16H,7-15H2,1H3,(H,22,23,26)/p+2/t16-/m1/s1. The number of aromatic nitrogens is 1. The molecular formula is C21H30N4OS+2. The van der Waals surface area contributed by atoms with Crippen molar-refractivity contribution in [1.82, 2.24) is 4.98 Å². The lowest BCUT2D eigenvalue weighted by Crippen LogP contribution is -3.28. The molecule has 2 aliphatic rings. The maximum atomic E-state index is 12.5. The largest absolute Gasteiger partial charge is 0.322 e. The molecule has 0 radical (unpaired) electrons. The third kappa shape index (κ3) is 4.94. The van der Waals surface area contributed by atoms with Gasteiger partial charge in [0.15, 0.2) is 11.7 Å². The van der Waals surface area contributed by atoms with Crippen LogP contribution in [0.5, 0.6) is 0 Å². The van der Waals surface area contributed by atoms with E-state index in [0.29, 0.717) is 6.54 Å². The monoisotopic (exact) mass is 386 g/mol. The summed E-state index contributed by atoms with van der Waals surface area (Å²) in [5.41, 5.74) is 2.61. The lowest BCUT2D eigenvalue weighted by Gasteiger charge is -2.29. The van der Waals surface area contributed by atoms with Crippen LogP contribution < -0.4 is 15.1 Å². The third-order valence-electron chi connectivity index (χ3n) is 5.80. The average molecular weight is 387 g/mol. The van der Waals surface area contributed by atoms with Gasteiger partial charge in [-0.2, -0.15) is 0 Å². The van der Waals surface area contributed by atoms with Crippen LogP contribution in [-0.4, -0.2) is 43.6 Å². The number of hydrogen-bond acceptors (Lipinski definition) is 3. The van der Waals surface area contributed by atoms with Crippen LogP contribution in [0.15, 0.2) is 30.3 Å². The lowest BCUT2D eigenvalue weighted by atomic mass is 9.93. The number of nitrogens with zero attached hydrogens (tertiary/aromatic N) is 1. The van der Waals surface area contributed by atoms with E-state index in [1.54, 1.807) is 16.2 Å². The van der Waals surface area contributed by atoms with Gasteiger partial charge in [0, 0.05) is 10.4 Å². The minimum absolute atomic E-state index is 0.107. The number of amides is 1. The zero-order valence-electron chi connectivity index (χ0n) is 16.1. The van der Waals surface area contributed by atoms with Crippen molar-refractivity contribution >= 4 is 22.4 Å². The number of aryl methyl sites for hydroxylation is 1. The van der Waals surface area contributed by atoms with E-state index in [0.717, 1.165) is 56.6 Å². The molecular weight excluding hydrogens is 356 g/mol. The Labute approximate surface area is 165 Å². The molecule has 0 unspecified atom stereocenters. The maximum absolute atomic E-state index is 12.5. The Balaban J connectivity index is 1.23. The molecule has 1 aliphatic carbocycles. The molecule has 1 amide bonds. The first-order valence-corrected chi connectivity index (χ1v) is 11.0. The van der Waals surface area contributed by atoms with Crippen molar-refractivity contribution in [1.29, 1.82) is 0 Å². The van der Waals surface area contributed by atoms with E-state index in [2.05, 4.69) is 47.6 Å². The topological polar surface area (TPSA) is 50.9 Å². The van der Waals surface area contributed by atoms with Gasteiger partial charge in [0.2, 0.25) is 0 Å². The van der Waals surface area contributed by atoms with Crippen LogP contribution >= 0.6 is 11.3 Å². The van der Waals surface area contributed by atoms with Gasteiger partial charge in [-0.25, -0.2) is 4.98 Å². The molecule has 3 N–H and O–H groups in total. The summed E-state index contributed by atoms with van der Waals surface area (Å²) in [5, 5.41) is 3.85. The Morgan fingerprint density at radius 1 is 1.19 bits per heavy atom. The van der Waals surface area contributed by atoms with E-state index < -0.39 is 0 Å². The van der Waals surface area contributed by atoms with Gasteiger partial charge in [0.05, 0.1) is 5.69 Å². The fourth-order valence-corrected chi connectivity index (χ4v) is 5.37. The smallest absolute Gasteiger partial charge is 0.281 e. The summed E-state index contributed by atoms with van der Waals surface area (Å²) < 4.78 is 0. The number of hydrogen-bond donors (Lipinski definition) is 3. The SMILES string of the molecule is C[C@@H]1CCc2nc(NC(=O)C[NH+]3CC[NH+](Cc4ccccc4)CC3)sc2C1. The van der Waals surface area contributed by atoms with Crippen LogP contribution in [0.4, 0.5) is 5.13 Å². The fourth-order valence-electron chi connectivity index (χ4n) is 4.18. The number of quaternary nitrogens is 2. The van der Waals surface area contributed by atoms with Gasteiger partial charge in [0.1, 0.15) is 32.7 Å². The molecule has 6 heteroatoms. The molecule has 1 fully saturated rings. The van der Waals surface area contributed by atoms with E-state index in [4.69, 9.17) is 0 Å². The molecule has 0 bridgehead atoms. The summed E-state index contributed by atoms with van der Waals surface area (Å²) in [6.45, 7) is 8.30. The lowest BCUT2D eigenvalue weighted by molar-refractivity contribution is -1.02. The molecule has 1 aliphatic heterocycles. The molecule has 2 heterocycles. The number of benzene rings is 1. The molecule has 27 heavy (non-hydrogen) atoms. The van der Waals surface area contributed by atoms with Crippen molar-refractivity contribution in [3.05, 3.63) is 46.5 Å². The molecule has 5 nitrogen and oxygen atoms in total. The van der Waals surface area contributed by atoms with Crippen molar-refractivity contribution in [3.63, 3.8) is 0 Å². The molecule has 1 atom stereocenters. The number of nitrogens with one attached hydrogen (secondary N) is 3. The van der Waals surface area contributed by atoms with Gasteiger partial charge in [-0.3, -0.25) is 10.1 Å². The summed E-state index contributed by atoms with van der Waals surface area (Å²) >= 11 is 1.67. The molecule has 1 saturated heterocycles. The Hall–Kier alpha value is -1.76. The summed E-state index contributed by atoms with van der Waals surface area (Å²) in [7, 11) is 0. The van der Waals surface area contributed by atoms with E-state index in [-0.39, 0.29) is 5.91 Å². The van der Waals surface area contributed by atoms with Crippen molar-refractivity contribution in [3.8, 4) is 0 Å². The Morgan fingerprint density at radius 3 is 2.70 bits per heavy atom. The maximum Gasteiger partial charge on any atom is 0.281 e. The molecule has 1 aromatic carbocycles. The number of anilines is 1. The quantitative estimate of drug-likeness (QED) is 0.687. The van der Waals surface area contributed by atoms with Crippen LogP contribution in [0.2, 0.25) is 0 Å². The van der Waals surface area contributed by atoms with E-state index >= 15 is 0 Å². The van der Waals surface area contributed by atoms with Crippen LogP contribution in [0, 0.1) is 5.92 Å². The number of carbonyl (C=O) groups is 1. The fraction of sp³-hybridized carbons (Fsp3) is 0.524. The molecule has 2 aromatic rings. The summed E-state index contributed by atoms with van der Waals surface area (Å²) in [6.07, 6.45) is 3.38. The second-order valence-corrected chi connectivity index (χ2v) is 9.21. The number of carbonyl (C=O) groups excluding carboxylic acids is 1. The molecule has 144 valence electrons. The van der Waals surface area contributed by atoms with Crippen LogP contribution in [0.25, 0.3) is 0 Å². The summed E-state index contributed by atoms with van der Waals surface area (Å²) in [6, 6.07) is 10.7. The zero-order chi connectivity index (χ0) is 18.6. The van der Waals surface area contributed by atoms with Gasteiger partial charge in [0.25, 0.3) is 5.91 Å². The third-order valence-corrected chi connectivity index (χ3v) is 6.84. The van der Waals surface area contributed by atoms with Crippen molar-refractivity contribution in [2.24, 2.45) is 5.92 Å². The number of thiazole rings is 1. The predicted octanol–water partition coefficient (Wildman–Crippen LogP) is 0.190. The first kappa shape index (κ1) is 18.6. The molecule has 1 aromatic heterocycles. The second-order valence-electron chi connectivity index (χ2n) is 8.12. The molecule has 0 spiro atoms. The summed E-state index contributed by atoms with van der Waals surface area (Å²) in [4.78, 5) is 21.5. The average Bonchev–Trinajstić information content (AvgIpc) is 3.05. The normalized spacial score (nSPS) is 25.0. The summed E-state index contributed by atoms with van der Waals surface area (Å²) in [5.74, 6) is 0.844. The molecule has 0 saturated carbocycles. The Kier molecular flexibility index (Phi) is 5.86. The number of piperazine rings is 1. The van der Waals surface area contributed by atoms with E-state index in [9.17, 15) is 4.79 Å². The van der Waals surface area contributed by atoms with Gasteiger partial charge in [-0.1, -0.05) is 37.3 Å². The van der Waals surface area contributed by atoms with Gasteiger partial charge < -0.3 is 9.80 Å². The van der Waals surface area contributed by atoms with Crippen LogP contribution in [0.1, 0.15) is 29.5 Å². The second kappa shape index (κ2) is 8.50. The Morgan fingerprint density at radius 2 is 1.93 bits per heavy atom. The first-order chi connectivity index (χ1) is 13.2. The highest BCUT2D eigenvalue weighted by atomic mass is 32.1. The van der Waals surface area contributed by atoms with Crippen molar-refractivity contribution < 1.29 is 14.6 Å². The first-order valence-electron chi connectivity index (χ1n) is 10.1. The van der Waals surface area contributed by atoms with Crippen molar-refractivity contribution in [2.45, 2.75) is 32.7 Å². The minimum Gasteiger partial charge on any atom is -0.322 e. The number of fused-ring (bicyclic) bond motifs is 1. The zero-order valence-corrected chi connectivity index (χ0v) is 16.9. The van der Waals surface area contributed by atoms with Gasteiger partial charge in [-0.15, -0.1) is 11.3 Å². The van der Waals surface area contributed by atoms with Gasteiger partial charge in [-0.05, 0) is 25.2 Å². The van der Waals surface area contributed by atoms with E-state index in [1.807, 2.05) is 0 Å².